The summed E-state index contributed by atoms with van der Waals surface area (Å²) in [7, 11) is 3.25. The van der Waals surface area contributed by atoms with Gasteiger partial charge in [0, 0.05) is 22.0 Å². The molecule has 0 aliphatic carbocycles. The molecule has 0 unspecified atom stereocenters. The molecule has 0 atom stereocenters. The number of rotatable bonds is 3. The van der Waals surface area contributed by atoms with Crippen molar-refractivity contribution in [1.82, 2.24) is 15.2 Å². The minimum absolute atomic E-state index is 0. The molecule has 0 aliphatic rings. The molecule has 0 radical (unpaired) electrons. The molecule has 0 amide bonds. The molecule has 0 fully saturated rings. The lowest BCUT2D eigenvalue weighted by Gasteiger charge is -2.14. The lowest BCUT2D eigenvalue weighted by atomic mass is 9.98. The van der Waals surface area contributed by atoms with Crippen LogP contribution in [0.5, 0.6) is 17.2 Å². The topological polar surface area (TPSA) is 80.3 Å². The van der Waals surface area contributed by atoms with Gasteiger partial charge in [-0.15, -0.1) is 12.4 Å². The minimum atomic E-state index is 0. The average molecular weight is 386 g/mol. The van der Waals surface area contributed by atoms with Crippen LogP contribution in [-0.4, -0.2) is 34.5 Å². The van der Waals surface area contributed by atoms with Crippen LogP contribution in [0.15, 0.2) is 30.3 Å². The van der Waals surface area contributed by atoms with Gasteiger partial charge < -0.3 is 14.6 Å². The van der Waals surface area contributed by atoms with E-state index in [1.807, 2.05) is 38.1 Å². The van der Waals surface area contributed by atoms with Gasteiger partial charge in [0.15, 0.2) is 17.1 Å². The third-order valence-electron chi connectivity index (χ3n) is 4.67. The summed E-state index contributed by atoms with van der Waals surface area (Å²) < 4.78 is 11.2. The van der Waals surface area contributed by atoms with Crippen LogP contribution in [0.3, 0.4) is 0 Å². The number of aromatic nitrogens is 3. The largest absolute Gasteiger partial charge is 0.508 e. The fourth-order valence-corrected chi connectivity index (χ4v) is 3.36. The number of H-pyrrole nitrogens is 1. The third-order valence-corrected chi connectivity index (χ3v) is 4.67. The number of nitrogens with one attached hydrogen (secondary N) is 1. The van der Waals surface area contributed by atoms with Crippen molar-refractivity contribution < 1.29 is 14.6 Å². The number of fused-ring (bicyclic) bond motifs is 3. The number of phenols is 1. The molecule has 27 heavy (non-hydrogen) atoms. The van der Waals surface area contributed by atoms with E-state index >= 15 is 0 Å². The molecule has 140 valence electrons. The molecular formula is C20H20ClN3O3. The SMILES string of the molecule is COc1ccc2c(-c3ccc(O)c(C)c3)nc3n[nH]c(C)c3c2c1OC.Cl. The number of hydrogen-bond acceptors (Lipinski definition) is 5. The normalized spacial score (nSPS) is 10.8. The third kappa shape index (κ3) is 2.82. The maximum Gasteiger partial charge on any atom is 0.182 e. The molecule has 2 aromatic carbocycles. The van der Waals surface area contributed by atoms with Gasteiger partial charge in [0.1, 0.15) is 5.75 Å². The van der Waals surface area contributed by atoms with Crippen molar-refractivity contribution >= 4 is 34.2 Å². The molecule has 0 bridgehead atoms. The number of halogens is 1. The van der Waals surface area contributed by atoms with Crippen molar-refractivity contribution in [3.8, 4) is 28.5 Å². The number of nitrogens with zero attached hydrogens (tertiary/aromatic N) is 2. The Bertz CT molecular complexity index is 1150. The van der Waals surface area contributed by atoms with E-state index in [1.165, 1.54) is 0 Å². The highest BCUT2D eigenvalue weighted by Gasteiger charge is 2.20. The van der Waals surface area contributed by atoms with E-state index in [0.717, 1.165) is 38.7 Å². The number of hydrogen-bond donors (Lipinski definition) is 2. The van der Waals surface area contributed by atoms with Gasteiger partial charge in [-0.05, 0) is 49.7 Å². The maximum absolute atomic E-state index is 9.86. The van der Waals surface area contributed by atoms with Gasteiger partial charge in [-0.2, -0.15) is 5.10 Å². The smallest absolute Gasteiger partial charge is 0.182 e. The number of aromatic hydroxyl groups is 1. The monoisotopic (exact) mass is 385 g/mol. The summed E-state index contributed by atoms with van der Waals surface area (Å²) in [5.41, 5.74) is 4.00. The summed E-state index contributed by atoms with van der Waals surface area (Å²) in [6.07, 6.45) is 0. The molecule has 2 aromatic heterocycles. The average Bonchev–Trinajstić information content (AvgIpc) is 3.03. The van der Waals surface area contributed by atoms with Crippen LogP contribution in [0.4, 0.5) is 0 Å². The van der Waals surface area contributed by atoms with Crippen molar-refractivity contribution in [1.29, 1.82) is 0 Å². The first-order chi connectivity index (χ1) is 12.5. The standard InChI is InChI=1S/C20H19N3O3.ClH/c1-10-9-12(5-7-14(10)24)18-13-6-8-15(25-3)19(26-4)17(13)16-11(2)22-23-20(16)21-18;/h5-9,24H,1-4H3,(H,21,22,23);1H. The Hall–Kier alpha value is -2.99. The first-order valence-corrected chi connectivity index (χ1v) is 8.24. The summed E-state index contributed by atoms with van der Waals surface area (Å²) in [6, 6.07) is 9.30. The lowest BCUT2D eigenvalue weighted by molar-refractivity contribution is 0.359. The Labute approximate surface area is 162 Å². The van der Waals surface area contributed by atoms with Crippen LogP contribution in [0, 0.1) is 13.8 Å². The number of aryl methyl sites for hydroxylation is 2. The van der Waals surface area contributed by atoms with Crippen molar-refractivity contribution in [2.75, 3.05) is 14.2 Å². The highest BCUT2D eigenvalue weighted by Crippen LogP contribution is 2.43. The molecule has 2 N–H and O–H groups in total. The van der Waals surface area contributed by atoms with Gasteiger partial charge in [-0.3, -0.25) is 5.10 Å². The fraction of sp³-hybridized carbons (Fsp3) is 0.200. The molecule has 6 nitrogen and oxygen atoms in total. The number of ether oxygens (including phenoxy) is 2. The lowest BCUT2D eigenvalue weighted by Crippen LogP contribution is -1.95. The second-order valence-corrected chi connectivity index (χ2v) is 6.23. The zero-order valence-corrected chi connectivity index (χ0v) is 16.3. The Morgan fingerprint density at radius 1 is 1.00 bits per heavy atom. The van der Waals surface area contributed by atoms with Gasteiger partial charge in [0.25, 0.3) is 0 Å². The van der Waals surface area contributed by atoms with Gasteiger partial charge in [0.2, 0.25) is 0 Å². The van der Waals surface area contributed by atoms with E-state index in [2.05, 4.69) is 10.2 Å². The molecule has 4 aromatic rings. The van der Waals surface area contributed by atoms with Crippen molar-refractivity contribution in [2.24, 2.45) is 0 Å². The molecule has 4 rings (SSSR count). The van der Waals surface area contributed by atoms with E-state index in [4.69, 9.17) is 14.5 Å². The van der Waals surface area contributed by atoms with Crippen LogP contribution in [0.1, 0.15) is 11.3 Å². The zero-order chi connectivity index (χ0) is 18.4. The number of methoxy groups -OCH3 is 2. The van der Waals surface area contributed by atoms with E-state index < -0.39 is 0 Å². The Morgan fingerprint density at radius 2 is 1.78 bits per heavy atom. The van der Waals surface area contributed by atoms with Gasteiger partial charge in [-0.1, -0.05) is 0 Å². The summed E-state index contributed by atoms with van der Waals surface area (Å²) in [6.45, 7) is 3.82. The van der Waals surface area contributed by atoms with E-state index in [1.54, 1.807) is 20.3 Å². The summed E-state index contributed by atoms with van der Waals surface area (Å²) >= 11 is 0. The number of phenolic OH excluding ortho intramolecular Hbond substituents is 1. The molecule has 0 aliphatic heterocycles. The van der Waals surface area contributed by atoms with Crippen LogP contribution >= 0.6 is 12.4 Å². The molecule has 2 heterocycles. The first kappa shape index (κ1) is 18.8. The van der Waals surface area contributed by atoms with Crippen molar-refractivity contribution in [3.05, 3.63) is 41.6 Å². The van der Waals surface area contributed by atoms with E-state index in [-0.39, 0.29) is 18.2 Å². The Morgan fingerprint density at radius 3 is 2.44 bits per heavy atom. The minimum Gasteiger partial charge on any atom is -0.508 e. The summed E-state index contributed by atoms with van der Waals surface area (Å²) in [4.78, 5) is 4.78. The zero-order valence-electron chi connectivity index (χ0n) is 15.5. The van der Waals surface area contributed by atoms with E-state index in [0.29, 0.717) is 17.1 Å². The highest BCUT2D eigenvalue weighted by molar-refractivity contribution is 6.14. The van der Waals surface area contributed by atoms with Gasteiger partial charge >= 0.3 is 0 Å². The second-order valence-electron chi connectivity index (χ2n) is 6.23. The maximum atomic E-state index is 9.86. The number of aromatic amines is 1. The Kier molecular flexibility index (Phi) is 4.85. The molecule has 0 saturated carbocycles. The predicted molar refractivity (Wildman–Crippen MR) is 108 cm³/mol. The molecular weight excluding hydrogens is 366 g/mol. The first-order valence-electron chi connectivity index (χ1n) is 8.24. The van der Waals surface area contributed by atoms with E-state index in [9.17, 15) is 5.11 Å². The summed E-state index contributed by atoms with van der Waals surface area (Å²) in [5.74, 6) is 1.56. The van der Waals surface area contributed by atoms with Crippen LogP contribution in [0.25, 0.3) is 33.1 Å². The van der Waals surface area contributed by atoms with Crippen molar-refractivity contribution in [2.45, 2.75) is 13.8 Å². The quantitative estimate of drug-likeness (QED) is 0.541. The second kappa shape index (κ2) is 6.96. The van der Waals surface area contributed by atoms with Gasteiger partial charge in [-0.25, -0.2) is 4.98 Å². The highest BCUT2D eigenvalue weighted by atomic mass is 35.5. The van der Waals surface area contributed by atoms with Crippen LogP contribution in [0.2, 0.25) is 0 Å². The Balaban J connectivity index is 0.00000210. The number of benzene rings is 2. The van der Waals surface area contributed by atoms with Crippen LogP contribution < -0.4 is 9.47 Å². The van der Waals surface area contributed by atoms with Gasteiger partial charge in [0.05, 0.1) is 25.3 Å². The predicted octanol–water partition coefficient (Wildman–Crippen LogP) is 4.54. The molecule has 7 heteroatoms. The summed E-state index contributed by atoms with van der Waals surface area (Å²) in [5, 5.41) is 20.0. The fourth-order valence-electron chi connectivity index (χ4n) is 3.36. The molecule has 0 spiro atoms. The van der Waals surface area contributed by atoms with Crippen LogP contribution in [-0.2, 0) is 0 Å². The molecule has 0 saturated heterocycles. The number of pyridine rings is 1. The van der Waals surface area contributed by atoms with Crippen molar-refractivity contribution in [3.63, 3.8) is 0 Å².